The molecule has 1 aromatic rings. The van der Waals surface area contributed by atoms with Gasteiger partial charge in [0.2, 0.25) is 0 Å². The van der Waals surface area contributed by atoms with Crippen LogP contribution in [0.5, 0.6) is 5.75 Å². The molecule has 1 N–H and O–H groups in total. The van der Waals surface area contributed by atoms with Gasteiger partial charge in [0.1, 0.15) is 17.4 Å². The van der Waals surface area contributed by atoms with Gasteiger partial charge in [-0.1, -0.05) is 32.0 Å². The Hall–Kier alpha value is -1.55. The molecule has 2 unspecified atom stereocenters. The molecular formula is C17H25NO3. The zero-order chi connectivity index (χ0) is 15.5. The lowest BCUT2D eigenvalue weighted by atomic mass is 9.98. The molecule has 0 aromatic heterocycles. The van der Waals surface area contributed by atoms with Gasteiger partial charge in [-0.2, -0.15) is 0 Å². The highest BCUT2D eigenvalue weighted by atomic mass is 16.5. The third-order valence-electron chi connectivity index (χ3n) is 4.36. The summed E-state index contributed by atoms with van der Waals surface area (Å²) in [5.74, 6) is 1.14. The summed E-state index contributed by atoms with van der Waals surface area (Å²) in [6, 6.07) is 8.12. The largest absolute Gasteiger partial charge is 0.490 e. The molecule has 2 rings (SSSR count). The van der Waals surface area contributed by atoms with E-state index in [-0.39, 0.29) is 12.1 Å². The Bertz CT molecular complexity index is 501. The van der Waals surface area contributed by atoms with Crippen molar-refractivity contribution < 1.29 is 14.3 Å². The van der Waals surface area contributed by atoms with E-state index in [0.29, 0.717) is 12.3 Å². The number of ether oxygens (including phenoxy) is 2. The maximum atomic E-state index is 12.0. The van der Waals surface area contributed by atoms with Crippen molar-refractivity contribution >= 4 is 5.97 Å². The zero-order valence-corrected chi connectivity index (χ0v) is 13.3. The third kappa shape index (κ3) is 3.21. The Morgan fingerprint density at radius 1 is 1.38 bits per heavy atom. The molecular weight excluding hydrogens is 266 g/mol. The van der Waals surface area contributed by atoms with E-state index in [1.165, 1.54) is 12.7 Å². The van der Waals surface area contributed by atoms with Crippen LogP contribution in [-0.2, 0) is 9.53 Å². The molecule has 0 heterocycles. The summed E-state index contributed by atoms with van der Waals surface area (Å²) in [7, 11) is 3.24. The number of carbonyl (C=O) groups excluding carboxylic acids is 1. The van der Waals surface area contributed by atoms with Gasteiger partial charge in [0.15, 0.2) is 0 Å². The first-order valence-corrected chi connectivity index (χ1v) is 7.55. The lowest BCUT2D eigenvalue weighted by Gasteiger charge is -2.26. The minimum atomic E-state index is -0.605. The van der Waals surface area contributed by atoms with Crippen molar-refractivity contribution in [1.82, 2.24) is 5.32 Å². The van der Waals surface area contributed by atoms with Crippen LogP contribution in [0.4, 0.5) is 0 Å². The van der Waals surface area contributed by atoms with Crippen molar-refractivity contribution in [3.05, 3.63) is 29.8 Å². The van der Waals surface area contributed by atoms with E-state index < -0.39 is 5.54 Å². The highest BCUT2D eigenvalue weighted by Gasteiger charge is 2.46. The van der Waals surface area contributed by atoms with Crippen molar-refractivity contribution in [2.45, 2.75) is 50.7 Å². The van der Waals surface area contributed by atoms with Crippen LogP contribution in [0.25, 0.3) is 0 Å². The first kappa shape index (κ1) is 15.8. The molecule has 0 aliphatic heterocycles. The van der Waals surface area contributed by atoms with Crippen LogP contribution in [0.2, 0.25) is 0 Å². The van der Waals surface area contributed by atoms with E-state index >= 15 is 0 Å². The number of nitrogens with one attached hydrogen (secondary N) is 1. The highest BCUT2D eigenvalue weighted by Crippen LogP contribution is 2.35. The van der Waals surface area contributed by atoms with Crippen LogP contribution in [-0.4, -0.2) is 31.8 Å². The fourth-order valence-electron chi connectivity index (χ4n) is 3.06. The molecule has 0 spiro atoms. The number of hydrogen-bond donors (Lipinski definition) is 1. The maximum absolute atomic E-state index is 12.0. The third-order valence-corrected chi connectivity index (χ3v) is 4.36. The van der Waals surface area contributed by atoms with Crippen molar-refractivity contribution in [3.8, 4) is 5.75 Å². The van der Waals surface area contributed by atoms with E-state index in [9.17, 15) is 4.79 Å². The Balaban J connectivity index is 2.11. The van der Waals surface area contributed by atoms with Gasteiger partial charge in [-0.15, -0.1) is 0 Å². The maximum Gasteiger partial charge on any atom is 0.326 e. The quantitative estimate of drug-likeness (QED) is 0.847. The number of esters is 1. The Labute approximate surface area is 126 Å². The molecule has 21 heavy (non-hydrogen) atoms. The summed E-state index contributed by atoms with van der Waals surface area (Å²) < 4.78 is 11.1. The molecule has 1 fully saturated rings. The molecule has 0 bridgehead atoms. The second kappa shape index (κ2) is 6.48. The van der Waals surface area contributed by atoms with Gasteiger partial charge >= 0.3 is 5.97 Å². The summed E-state index contributed by atoms with van der Waals surface area (Å²) in [6.07, 6.45) is 2.27. The SMILES string of the molecule is CNC1(C(=O)OC)CCC(Oc2ccccc2C(C)C)C1. The van der Waals surface area contributed by atoms with Gasteiger partial charge in [0.05, 0.1) is 7.11 Å². The number of benzene rings is 1. The number of likely N-dealkylation sites (N-methyl/N-ethyl adjacent to an activating group) is 1. The molecule has 1 aliphatic carbocycles. The normalized spacial score (nSPS) is 25.1. The average Bonchev–Trinajstić information content (AvgIpc) is 2.91. The standard InChI is InChI=1S/C17H25NO3/c1-12(2)14-7-5-6-8-15(14)21-13-9-10-17(11-13,18-3)16(19)20-4/h5-8,12-13,18H,9-11H2,1-4H3. The molecule has 116 valence electrons. The van der Waals surface area contributed by atoms with Gasteiger partial charge in [-0.3, -0.25) is 4.79 Å². The molecule has 0 radical (unpaired) electrons. The molecule has 1 aliphatic rings. The van der Waals surface area contributed by atoms with Crippen molar-refractivity contribution in [1.29, 1.82) is 0 Å². The lowest BCUT2D eigenvalue weighted by Crippen LogP contribution is -2.49. The minimum Gasteiger partial charge on any atom is -0.490 e. The smallest absolute Gasteiger partial charge is 0.326 e. The number of hydrogen-bond acceptors (Lipinski definition) is 4. The average molecular weight is 291 g/mol. The Morgan fingerprint density at radius 2 is 2.10 bits per heavy atom. The van der Waals surface area contributed by atoms with Crippen LogP contribution < -0.4 is 10.1 Å². The van der Waals surface area contributed by atoms with E-state index in [1.807, 2.05) is 18.2 Å². The van der Waals surface area contributed by atoms with Gasteiger partial charge in [0.25, 0.3) is 0 Å². The van der Waals surface area contributed by atoms with E-state index in [4.69, 9.17) is 9.47 Å². The van der Waals surface area contributed by atoms with Gasteiger partial charge in [0, 0.05) is 6.42 Å². The van der Waals surface area contributed by atoms with E-state index in [2.05, 4.69) is 25.2 Å². The fourth-order valence-corrected chi connectivity index (χ4v) is 3.06. The second-order valence-corrected chi connectivity index (χ2v) is 6.00. The first-order chi connectivity index (χ1) is 10.0. The molecule has 1 saturated carbocycles. The molecule has 0 amide bonds. The molecule has 0 saturated heterocycles. The topological polar surface area (TPSA) is 47.6 Å². The van der Waals surface area contributed by atoms with Crippen molar-refractivity contribution in [2.75, 3.05) is 14.2 Å². The van der Waals surface area contributed by atoms with Gasteiger partial charge in [-0.25, -0.2) is 0 Å². The van der Waals surface area contributed by atoms with Crippen molar-refractivity contribution in [2.24, 2.45) is 0 Å². The summed E-state index contributed by atoms with van der Waals surface area (Å²) in [5, 5.41) is 3.13. The van der Waals surface area contributed by atoms with Crippen LogP contribution in [0.15, 0.2) is 24.3 Å². The van der Waals surface area contributed by atoms with Crippen molar-refractivity contribution in [3.63, 3.8) is 0 Å². The molecule has 4 heteroatoms. The van der Waals surface area contributed by atoms with Crippen LogP contribution in [0.3, 0.4) is 0 Å². The molecule has 2 atom stereocenters. The summed E-state index contributed by atoms with van der Waals surface area (Å²) in [6.45, 7) is 4.31. The lowest BCUT2D eigenvalue weighted by molar-refractivity contribution is -0.148. The summed E-state index contributed by atoms with van der Waals surface area (Å²) in [5.41, 5.74) is 0.601. The van der Waals surface area contributed by atoms with Crippen LogP contribution >= 0.6 is 0 Å². The number of para-hydroxylation sites is 1. The summed E-state index contributed by atoms with van der Waals surface area (Å²) in [4.78, 5) is 12.0. The monoisotopic (exact) mass is 291 g/mol. The molecule has 4 nitrogen and oxygen atoms in total. The summed E-state index contributed by atoms with van der Waals surface area (Å²) >= 11 is 0. The predicted molar refractivity (Wildman–Crippen MR) is 82.6 cm³/mol. The number of carbonyl (C=O) groups is 1. The van der Waals surface area contributed by atoms with Gasteiger partial charge < -0.3 is 14.8 Å². The van der Waals surface area contributed by atoms with E-state index in [1.54, 1.807) is 7.05 Å². The zero-order valence-electron chi connectivity index (χ0n) is 13.3. The first-order valence-electron chi connectivity index (χ1n) is 7.55. The predicted octanol–water partition coefficient (Wildman–Crippen LogP) is 2.87. The fraction of sp³-hybridized carbons (Fsp3) is 0.588. The Morgan fingerprint density at radius 3 is 2.71 bits per heavy atom. The Kier molecular flexibility index (Phi) is 4.88. The van der Waals surface area contributed by atoms with Crippen LogP contribution in [0.1, 0.15) is 44.6 Å². The number of rotatable bonds is 5. The number of methoxy groups -OCH3 is 1. The second-order valence-electron chi connectivity index (χ2n) is 6.00. The van der Waals surface area contributed by atoms with E-state index in [0.717, 1.165) is 18.6 Å². The highest BCUT2D eigenvalue weighted by molar-refractivity contribution is 5.81. The van der Waals surface area contributed by atoms with Crippen LogP contribution in [0, 0.1) is 0 Å². The minimum absolute atomic E-state index is 0.0384. The molecule has 1 aromatic carbocycles. The van der Waals surface area contributed by atoms with Gasteiger partial charge in [-0.05, 0) is 37.4 Å².